The van der Waals surface area contributed by atoms with Crippen molar-refractivity contribution in [2.45, 2.75) is 0 Å². The van der Waals surface area contributed by atoms with Crippen molar-refractivity contribution in [3.8, 4) is 0 Å². The smallest absolute Gasteiger partial charge is 2.00 e. The molecule has 0 bridgehead atoms. The fourth-order valence-corrected chi connectivity index (χ4v) is 0. The summed E-state index contributed by atoms with van der Waals surface area (Å²) >= 11 is 0. The normalized spacial score (nSPS) is 0. The van der Waals surface area contributed by atoms with Crippen molar-refractivity contribution >= 4 is 0 Å². The van der Waals surface area contributed by atoms with Crippen LogP contribution in [0.1, 0.15) is 0 Å². The molecule has 4 heteroatoms. The first-order valence-corrected chi connectivity index (χ1v) is 0. The SMILES string of the molecule is [O-2].[O-2].[Ta+5].[Ti+4]. The van der Waals surface area contributed by atoms with Gasteiger partial charge in [-0.15, -0.1) is 0 Å². The molecule has 16 valence electrons. The topological polar surface area (TPSA) is 57.0 Å². The van der Waals surface area contributed by atoms with E-state index in [1.165, 1.54) is 0 Å². The van der Waals surface area contributed by atoms with Crippen LogP contribution in [0.3, 0.4) is 0 Å². The van der Waals surface area contributed by atoms with Crippen molar-refractivity contribution in [2.24, 2.45) is 0 Å². The number of hydrogen-bond acceptors (Lipinski definition) is 0. The van der Waals surface area contributed by atoms with Gasteiger partial charge in [-0.05, 0) is 0 Å². The molecule has 0 N–H and O–H groups in total. The van der Waals surface area contributed by atoms with Crippen LogP contribution in [0.4, 0.5) is 0 Å². The molecule has 0 fully saturated rings. The molecule has 0 aliphatic heterocycles. The quantitative estimate of drug-likeness (QED) is 0.540. The van der Waals surface area contributed by atoms with E-state index in [9.17, 15) is 0 Å². The van der Waals surface area contributed by atoms with Crippen molar-refractivity contribution in [1.82, 2.24) is 0 Å². The summed E-state index contributed by atoms with van der Waals surface area (Å²) in [6, 6.07) is 0. The summed E-state index contributed by atoms with van der Waals surface area (Å²) in [5.74, 6) is 0. The third kappa shape index (κ3) is 10.1. The van der Waals surface area contributed by atoms with E-state index in [0.717, 1.165) is 0 Å². The second-order valence-electron chi connectivity index (χ2n) is 0. The zero-order valence-electron chi connectivity index (χ0n) is 1.76. The molecule has 0 saturated carbocycles. The van der Waals surface area contributed by atoms with Crippen LogP contribution in [0, 0.1) is 0 Å². The van der Waals surface area contributed by atoms with Crippen LogP contribution in [0.15, 0.2) is 0 Å². The molecule has 0 radical (unpaired) electrons. The van der Waals surface area contributed by atoms with Gasteiger partial charge in [-0.1, -0.05) is 0 Å². The molecule has 0 amide bonds. The van der Waals surface area contributed by atoms with Crippen LogP contribution in [0.25, 0.3) is 0 Å². The first-order chi connectivity index (χ1) is 0. The minimum absolute atomic E-state index is 0. The Morgan fingerprint density at radius 3 is 0.750 bits per heavy atom. The van der Waals surface area contributed by atoms with E-state index in [4.69, 9.17) is 0 Å². The first-order valence-electron chi connectivity index (χ1n) is 0. The molecule has 0 saturated heterocycles. The van der Waals surface area contributed by atoms with E-state index in [0.29, 0.717) is 0 Å². The molecule has 0 heterocycles. The van der Waals surface area contributed by atoms with Gasteiger partial charge in [0.25, 0.3) is 0 Å². The average molecular weight is 261 g/mol. The summed E-state index contributed by atoms with van der Waals surface area (Å²) in [5, 5.41) is 0. The Bertz CT molecular complexity index is 6.00. The van der Waals surface area contributed by atoms with Gasteiger partial charge in [0, 0.05) is 0 Å². The Kier molecular flexibility index (Phi) is 359. The molecule has 0 spiro atoms. The van der Waals surface area contributed by atoms with Crippen LogP contribution >= 0.6 is 0 Å². The monoisotopic (exact) mass is 261 g/mol. The van der Waals surface area contributed by atoms with E-state index in [-0.39, 0.29) is 55.1 Å². The second kappa shape index (κ2) is 26.4. The van der Waals surface area contributed by atoms with Gasteiger partial charge in [0.05, 0.1) is 0 Å². The summed E-state index contributed by atoms with van der Waals surface area (Å²) < 4.78 is 0. The van der Waals surface area contributed by atoms with Crippen LogP contribution in [-0.2, 0) is 55.1 Å². The fourth-order valence-electron chi connectivity index (χ4n) is 0. The second-order valence-corrected chi connectivity index (χ2v) is 0. The maximum absolute atomic E-state index is 0. The van der Waals surface area contributed by atoms with Crippen LogP contribution in [0.2, 0.25) is 0 Å². The zero-order valence-corrected chi connectivity index (χ0v) is 6.54. The third-order valence-electron chi connectivity index (χ3n) is 0. The van der Waals surface area contributed by atoms with Gasteiger partial charge in [-0.3, -0.25) is 0 Å². The van der Waals surface area contributed by atoms with Crippen molar-refractivity contribution in [3.63, 3.8) is 0 Å². The van der Waals surface area contributed by atoms with E-state index in [2.05, 4.69) is 0 Å². The zero-order chi connectivity index (χ0) is 0. The summed E-state index contributed by atoms with van der Waals surface area (Å²) in [6.45, 7) is 0. The van der Waals surface area contributed by atoms with Gasteiger partial charge in [0.2, 0.25) is 0 Å². The Morgan fingerprint density at radius 1 is 0.750 bits per heavy atom. The Hall–Kier alpha value is 1.37. The molecule has 0 aromatic heterocycles. The number of hydrogen-bond donors (Lipinski definition) is 0. The minimum atomic E-state index is 0. The predicted molar refractivity (Wildman–Crippen MR) is 1.37 cm³/mol. The van der Waals surface area contributed by atoms with Gasteiger partial charge in [0.15, 0.2) is 0 Å². The molecule has 0 unspecified atom stereocenters. The molecule has 0 aliphatic carbocycles. The molecular formula is O2TaTi+5. The van der Waals surface area contributed by atoms with Gasteiger partial charge in [0.1, 0.15) is 0 Å². The summed E-state index contributed by atoms with van der Waals surface area (Å²) in [7, 11) is 0. The van der Waals surface area contributed by atoms with E-state index >= 15 is 0 Å². The van der Waals surface area contributed by atoms with E-state index < -0.39 is 0 Å². The van der Waals surface area contributed by atoms with E-state index in [1.807, 2.05) is 0 Å². The van der Waals surface area contributed by atoms with Gasteiger partial charge in [-0.25, -0.2) is 0 Å². The molecule has 0 rings (SSSR count). The predicted octanol–water partition coefficient (Wildman–Crippen LogP) is -0.243. The molecule has 2 nitrogen and oxygen atoms in total. The Balaban J connectivity index is 0. The Morgan fingerprint density at radius 2 is 0.750 bits per heavy atom. The van der Waals surface area contributed by atoms with E-state index in [1.54, 1.807) is 0 Å². The van der Waals surface area contributed by atoms with Crippen molar-refractivity contribution in [2.75, 3.05) is 0 Å². The molecular weight excluding hydrogens is 261 g/mol. The number of rotatable bonds is 0. The van der Waals surface area contributed by atoms with Crippen molar-refractivity contribution < 1.29 is 55.1 Å². The molecule has 4 heavy (non-hydrogen) atoms. The van der Waals surface area contributed by atoms with Gasteiger partial charge in [-0.2, -0.15) is 0 Å². The van der Waals surface area contributed by atoms with Crippen molar-refractivity contribution in [1.29, 1.82) is 0 Å². The molecule has 0 aliphatic rings. The summed E-state index contributed by atoms with van der Waals surface area (Å²) in [4.78, 5) is 0. The maximum atomic E-state index is 0. The average Bonchev–Trinajstić information content (AvgIpc) is 0. The maximum Gasteiger partial charge on any atom is 5.00 e. The molecule has 0 aromatic carbocycles. The molecule has 0 atom stereocenters. The van der Waals surface area contributed by atoms with Crippen LogP contribution < -0.4 is 0 Å². The Labute approximate surface area is 55.0 Å². The fraction of sp³-hybridized carbons (Fsp3) is 0. The van der Waals surface area contributed by atoms with Gasteiger partial charge < -0.3 is 11.0 Å². The minimum Gasteiger partial charge on any atom is -2.00 e. The van der Waals surface area contributed by atoms with Crippen LogP contribution in [0.5, 0.6) is 0 Å². The largest absolute Gasteiger partial charge is 5.00 e. The van der Waals surface area contributed by atoms with Gasteiger partial charge >= 0.3 is 44.1 Å². The molecule has 0 aromatic rings. The standard InChI is InChI=1S/2O.Ta.Ti/q2*-2;+5;+4. The summed E-state index contributed by atoms with van der Waals surface area (Å²) in [6.07, 6.45) is 0. The third-order valence-corrected chi connectivity index (χ3v) is 0. The van der Waals surface area contributed by atoms with Crippen molar-refractivity contribution in [3.05, 3.63) is 0 Å². The first kappa shape index (κ1) is 54.4. The summed E-state index contributed by atoms with van der Waals surface area (Å²) in [5.41, 5.74) is 0. The van der Waals surface area contributed by atoms with Crippen LogP contribution in [-0.4, -0.2) is 0 Å².